The van der Waals surface area contributed by atoms with Gasteiger partial charge in [-0.3, -0.25) is 19.1 Å². The van der Waals surface area contributed by atoms with Gasteiger partial charge in [-0.15, -0.1) is 0 Å². The molecule has 1 atom stereocenters. The largest absolute Gasteiger partial charge is 0.351 e. The molecule has 1 aliphatic heterocycles. The van der Waals surface area contributed by atoms with Crippen LogP contribution in [0.1, 0.15) is 80.3 Å². The molecule has 2 heterocycles. The molecular formula is C23H38N6O3. The summed E-state index contributed by atoms with van der Waals surface area (Å²) in [6.45, 7) is 9.67. The SMILES string of the molecule is CCN(CC)CCCNC(=O)c1cc2n(n1)C[C@@](C)(C(=O)NC1CCCCC1)N(C)C2=O. The lowest BCUT2D eigenvalue weighted by Crippen LogP contribution is -2.63. The summed E-state index contributed by atoms with van der Waals surface area (Å²) in [7, 11) is 1.65. The molecule has 2 aliphatic rings. The minimum Gasteiger partial charge on any atom is -0.351 e. The van der Waals surface area contributed by atoms with E-state index < -0.39 is 5.54 Å². The second-order valence-corrected chi connectivity index (χ2v) is 9.16. The van der Waals surface area contributed by atoms with Gasteiger partial charge in [-0.1, -0.05) is 33.1 Å². The Kier molecular flexibility index (Phi) is 7.92. The second-order valence-electron chi connectivity index (χ2n) is 9.16. The number of fused-ring (bicyclic) bond motifs is 1. The van der Waals surface area contributed by atoms with Gasteiger partial charge in [0.25, 0.3) is 11.8 Å². The van der Waals surface area contributed by atoms with Crippen molar-refractivity contribution in [2.45, 2.75) is 77.4 Å². The number of aromatic nitrogens is 2. The average Bonchev–Trinajstić information content (AvgIpc) is 3.22. The average molecular weight is 447 g/mol. The zero-order valence-electron chi connectivity index (χ0n) is 19.9. The highest BCUT2D eigenvalue weighted by atomic mass is 16.2. The summed E-state index contributed by atoms with van der Waals surface area (Å²) in [4.78, 5) is 42.5. The molecule has 0 radical (unpaired) electrons. The van der Waals surface area contributed by atoms with Crippen LogP contribution in [0.25, 0.3) is 0 Å². The lowest BCUT2D eigenvalue weighted by molar-refractivity contribution is -0.133. The Labute approximate surface area is 190 Å². The first kappa shape index (κ1) is 24.2. The normalized spacial score (nSPS) is 21.5. The Balaban J connectivity index is 1.64. The summed E-state index contributed by atoms with van der Waals surface area (Å²) in [6.07, 6.45) is 6.25. The maximum atomic E-state index is 13.1. The molecule has 0 aromatic carbocycles. The number of carbonyl (C=O) groups is 3. The van der Waals surface area contributed by atoms with Gasteiger partial charge in [-0.05, 0) is 45.8 Å². The van der Waals surface area contributed by atoms with Crippen LogP contribution in [-0.4, -0.2) is 82.1 Å². The molecule has 9 heteroatoms. The van der Waals surface area contributed by atoms with Gasteiger partial charge < -0.3 is 20.4 Å². The molecule has 1 fully saturated rings. The number of nitrogens with zero attached hydrogens (tertiary/aromatic N) is 4. The van der Waals surface area contributed by atoms with Crippen LogP contribution in [0.2, 0.25) is 0 Å². The molecular weight excluding hydrogens is 408 g/mol. The van der Waals surface area contributed by atoms with Gasteiger partial charge in [0.2, 0.25) is 5.91 Å². The third kappa shape index (κ3) is 5.14. The first-order valence-corrected chi connectivity index (χ1v) is 12.0. The molecule has 0 spiro atoms. The van der Waals surface area contributed by atoms with E-state index in [-0.39, 0.29) is 36.0 Å². The predicted octanol–water partition coefficient (Wildman–Crippen LogP) is 1.64. The monoisotopic (exact) mass is 446 g/mol. The molecule has 0 saturated heterocycles. The zero-order chi connectivity index (χ0) is 23.3. The number of hydrogen-bond acceptors (Lipinski definition) is 5. The fourth-order valence-electron chi connectivity index (χ4n) is 4.56. The fourth-order valence-corrected chi connectivity index (χ4v) is 4.56. The van der Waals surface area contributed by atoms with Gasteiger partial charge in [-0.25, -0.2) is 0 Å². The van der Waals surface area contributed by atoms with Crippen molar-refractivity contribution in [1.29, 1.82) is 0 Å². The maximum absolute atomic E-state index is 13.1. The van der Waals surface area contributed by atoms with Gasteiger partial charge in [0.15, 0.2) is 5.69 Å². The molecule has 3 rings (SSSR count). The topological polar surface area (TPSA) is 99.6 Å². The van der Waals surface area contributed by atoms with Crippen molar-refractivity contribution in [3.05, 3.63) is 17.5 Å². The van der Waals surface area contributed by atoms with E-state index in [0.29, 0.717) is 12.2 Å². The van der Waals surface area contributed by atoms with Gasteiger partial charge in [-0.2, -0.15) is 5.10 Å². The molecule has 0 unspecified atom stereocenters. The van der Waals surface area contributed by atoms with Gasteiger partial charge in [0.1, 0.15) is 11.2 Å². The van der Waals surface area contributed by atoms with Crippen molar-refractivity contribution in [3.8, 4) is 0 Å². The smallest absolute Gasteiger partial charge is 0.272 e. The Morgan fingerprint density at radius 3 is 2.56 bits per heavy atom. The highest BCUT2D eigenvalue weighted by Crippen LogP contribution is 2.27. The molecule has 9 nitrogen and oxygen atoms in total. The van der Waals surface area contributed by atoms with Crippen LogP contribution in [0, 0.1) is 0 Å². The van der Waals surface area contributed by atoms with Crippen molar-refractivity contribution in [3.63, 3.8) is 0 Å². The molecule has 3 amide bonds. The van der Waals surface area contributed by atoms with Crippen molar-refractivity contribution in [1.82, 2.24) is 30.2 Å². The number of rotatable bonds is 9. The van der Waals surface area contributed by atoms with Crippen LogP contribution in [0.5, 0.6) is 0 Å². The van der Waals surface area contributed by atoms with E-state index >= 15 is 0 Å². The molecule has 0 bridgehead atoms. The molecule has 2 N–H and O–H groups in total. The van der Waals surface area contributed by atoms with Crippen LogP contribution >= 0.6 is 0 Å². The van der Waals surface area contributed by atoms with Crippen molar-refractivity contribution in [2.75, 3.05) is 33.2 Å². The summed E-state index contributed by atoms with van der Waals surface area (Å²) in [5.74, 6) is -0.760. The van der Waals surface area contributed by atoms with Crippen molar-refractivity contribution < 1.29 is 14.4 Å². The van der Waals surface area contributed by atoms with Gasteiger partial charge in [0.05, 0.1) is 6.54 Å². The Hall–Kier alpha value is -2.42. The van der Waals surface area contributed by atoms with Crippen LogP contribution in [0.4, 0.5) is 0 Å². The lowest BCUT2D eigenvalue weighted by Gasteiger charge is -2.41. The van der Waals surface area contributed by atoms with Crippen LogP contribution < -0.4 is 10.6 Å². The zero-order valence-corrected chi connectivity index (χ0v) is 19.9. The second kappa shape index (κ2) is 10.5. The van der Waals surface area contributed by atoms with Gasteiger partial charge in [0, 0.05) is 25.7 Å². The fraction of sp³-hybridized carbons (Fsp3) is 0.739. The van der Waals surface area contributed by atoms with Crippen LogP contribution in [0.3, 0.4) is 0 Å². The van der Waals surface area contributed by atoms with Gasteiger partial charge >= 0.3 is 0 Å². The molecule has 32 heavy (non-hydrogen) atoms. The maximum Gasteiger partial charge on any atom is 0.272 e. The van der Waals surface area contributed by atoms with E-state index in [4.69, 9.17) is 0 Å². The van der Waals surface area contributed by atoms with Crippen molar-refractivity contribution in [2.24, 2.45) is 0 Å². The highest BCUT2D eigenvalue weighted by molar-refractivity contribution is 6.01. The van der Waals surface area contributed by atoms with E-state index in [1.165, 1.54) is 22.1 Å². The number of nitrogens with one attached hydrogen (secondary N) is 2. The van der Waals surface area contributed by atoms with Crippen LogP contribution in [0.15, 0.2) is 6.07 Å². The predicted molar refractivity (Wildman–Crippen MR) is 122 cm³/mol. The lowest BCUT2D eigenvalue weighted by atomic mass is 9.92. The number of carbonyl (C=O) groups excluding carboxylic acids is 3. The van der Waals surface area contributed by atoms with Crippen LogP contribution in [-0.2, 0) is 11.3 Å². The molecule has 1 aromatic heterocycles. The number of hydrogen-bond donors (Lipinski definition) is 2. The summed E-state index contributed by atoms with van der Waals surface area (Å²) < 4.78 is 1.51. The Bertz CT molecular complexity index is 828. The van der Waals surface area contributed by atoms with E-state index in [1.807, 2.05) is 0 Å². The summed E-state index contributed by atoms with van der Waals surface area (Å²) >= 11 is 0. The summed E-state index contributed by atoms with van der Waals surface area (Å²) in [5, 5.41) is 10.4. The third-order valence-electron chi connectivity index (χ3n) is 6.99. The molecule has 1 aliphatic carbocycles. The molecule has 178 valence electrons. The first-order chi connectivity index (χ1) is 15.3. The highest BCUT2D eigenvalue weighted by Gasteiger charge is 2.46. The molecule has 1 aromatic rings. The van der Waals surface area contributed by atoms with E-state index in [2.05, 4.69) is 34.5 Å². The standard InChI is InChI=1S/C23H38N6O3/c1-5-28(6-2)14-10-13-24-20(30)18-15-19-21(31)27(4)23(3,16-29(19)26-18)22(32)25-17-11-8-7-9-12-17/h15,17H,5-14,16H2,1-4H3,(H,24,30)(H,25,32)/t23-/m0/s1. The summed E-state index contributed by atoms with van der Waals surface area (Å²) in [6, 6.07) is 1.69. The van der Waals surface area contributed by atoms with Crippen molar-refractivity contribution >= 4 is 17.7 Å². The number of likely N-dealkylation sites (N-methyl/N-ethyl adjacent to an activating group) is 1. The quantitative estimate of drug-likeness (QED) is 0.562. The molecule has 1 saturated carbocycles. The minimum atomic E-state index is -1.05. The third-order valence-corrected chi connectivity index (χ3v) is 6.99. The summed E-state index contributed by atoms with van der Waals surface area (Å²) in [5.41, 5.74) is -0.504. The Morgan fingerprint density at radius 1 is 1.22 bits per heavy atom. The van der Waals surface area contributed by atoms with E-state index in [9.17, 15) is 14.4 Å². The number of amides is 3. The first-order valence-electron chi connectivity index (χ1n) is 12.0. The Morgan fingerprint density at radius 2 is 1.91 bits per heavy atom. The minimum absolute atomic E-state index is 0.160. The van der Waals surface area contributed by atoms with E-state index in [1.54, 1.807) is 14.0 Å². The van der Waals surface area contributed by atoms with E-state index in [0.717, 1.165) is 51.7 Å².